The molecule has 9 heteroatoms. The summed E-state index contributed by atoms with van der Waals surface area (Å²) in [7, 11) is 1.59. The standard InChI is InChI=1S/C23H26N6O3/c1-14-25-23(32-28-14)20-11-15-9-19(30-2)10-16(12-24)21(15)27-22(20)29-6-3-17(4-7-29)26-18-5-8-31-13-18/h9-11,17-18,26H,3-8,13H2,1-2H3/t18-/m1/s1. The molecule has 3 aromatic rings. The van der Waals surface area contributed by atoms with Gasteiger partial charge < -0.3 is 24.2 Å². The molecule has 0 bridgehead atoms. The number of hydrogen-bond donors (Lipinski definition) is 1. The van der Waals surface area contributed by atoms with Crippen molar-refractivity contribution in [3.8, 4) is 23.3 Å². The van der Waals surface area contributed by atoms with Crippen LogP contribution in [0.4, 0.5) is 5.82 Å². The minimum absolute atomic E-state index is 0.427. The summed E-state index contributed by atoms with van der Waals surface area (Å²) in [6.45, 7) is 5.13. The zero-order valence-electron chi connectivity index (χ0n) is 18.3. The highest BCUT2D eigenvalue weighted by Crippen LogP contribution is 2.35. The lowest BCUT2D eigenvalue weighted by Crippen LogP contribution is -2.46. The van der Waals surface area contributed by atoms with Gasteiger partial charge in [-0.25, -0.2) is 4.98 Å². The van der Waals surface area contributed by atoms with E-state index in [1.807, 2.05) is 12.1 Å². The maximum atomic E-state index is 9.70. The minimum atomic E-state index is 0.427. The zero-order valence-corrected chi connectivity index (χ0v) is 18.3. The van der Waals surface area contributed by atoms with Crippen LogP contribution in [0.5, 0.6) is 5.75 Å². The van der Waals surface area contributed by atoms with Crippen LogP contribution in [-0.4, -0.2) is 60.6 Å². The van der Waals surface area contributed by atoms with Crippen LogP contribution in [0.25, 0.3) is 22.4 Å². The number of ether oxygens (including phenoxy) is 2. The first-order chi connectivity index (χ1) is 15.6. The van der Waals surface area contributed by atoms with Crippen molar-refractivity contribution < 1.29 is 14.0 Å². The monoisotopic (exact) mass is 434 g/mol. The summed E-state index contributed by atoms with van der Waals surface area (Å²) in [6, 6.07) is 8.73. The van der Waals surface area contributed by atoms with E-state index in [1.165, 1.54) is 0 Å². The van der Waals surface area contributed by atoms with E-state index in [1.54, 1.807) is 20.1 Å². The molecular weight excluding hydrogens is 408 g/mol. The molecule has 0 spiro atoms. The van der Waals surface area contributed by atoms with Gasteiger partial charge in [0.15, 0.2) is 5.82 Å². The van der Waals surface area contributed by atoms with Crippen molar-refractivity contribution >= 4 is 16.7 Å². The van der Waals surface area contributed by atoms with Crippen molar-refractivity contribution in [2.45, 2.75) is 38.3 Å². The number of nitrogens with one attached hydrogen (secondary N) is 1. The fourth-order valence-corrected chi connectivity index (χ4v) is 4.52. The number of hydrogen-bond acceptors (Lipinski definition) is 9. The van der Waals surface area contributed by atoms with Gasteiger partial charge in [0.1, 0.15) is 17.6 Å². The first-order valence-corrected chi connectivity index (χ1v) is 11.0. The van der Waals surface area contributed by atoms with Gasteiger partial charge in [0.2, 0.25) is 0 Å². The first-order valence-electron chi connectivity index (χ1n) is 11.0. The summed E-state index contributed by atoms with van der Waals surface area (Å²) in [5.74, 6) is 2.37. The van der Waals surface area contributed by atoms with Crippen molar-refractivity contribution in [1.29, 1.82) is 5.26 Å². The van der Waals surface area contributed by atoms with Gasteiger partial charge in [-0.3, -0.25) is 0 Å². The second kappa shape index (κ2) is 8.73. The molecule has 166 valence electrons. The average Bonchev–Trinajstić information content (AvgIpc) is 3.49. The second-order valence-electron chi connectivity index (χ2n) is 8.35. The lowest BCUT2D eigenvalue weighted by Gasteiger charge is -2.35. The summed E-state index contributed by atoms with van der Waals surface area (Å²) >= 11 is 0. The van der Waals surface area contributed by atoms with Gasteiger partial charge in [0.05, 0.1) is 30.4 Å². The van der Waals surface area contributed by atoms with Gasteiger partial charge in [-0.15, -0.1) is 0 Å². The van der Waals surface area contributed by atoms with Gasteiger partial charge in [-0.1, -0.05) is 5.16 Å². The topological polar surface area (TPSA) is 109 Å². The lowest BCUT2D eigenvalue weighted by molar-refractivity contribution is 0.186. The number of fused-ring (bicyclic) bond motifs is 1. The third kappa shape index (κ3) is 3.99. The Morgan fingerprint density at radius 1 is 1.16 bits per heavy atom. The normalized spacial score (nSPS) is 19.4. The molecule has 2 aliphatic rings. The van der Waals surface area contributed by atoms with E-state index in [9.17, 15) is 5.26 Å². The molecule has 32 heavy (non-hydrogen) atoms. The number of aromatic nitrogens is 3. The van der Waals surface area contributed by atoms with Crippen LogP contribution >= 0.6 is 0 Å². The van der Waals surface area contributed by atoms with Crippen LogP contribution in [0.2, 0.25) is 0 Å². The van der Waals surface area contributed by atoms with Crippen LogP contribution in [0.15, 0.2) is 22.7 Å². The Morgan fingerprint density at radius 3 is 2.66 bits per heavy atom. The van der Waals surface area contributed by atoms with Gasteiger partial charge in [0.25, 0.3) is 5.89 Å². The molecule has 0 saturated carbocycles. The molecule has 2 aromatic heterocycles. The smallest absolute Gasteiger partial charge is 0.261 e. The van der Waals surface area contributed by atoms with Crippen LogP contribution in [0.1, 0.15) is 30.7 Å². The number of pyridine rings is 1. The van der Waals surface area contributed by atoms with Gasteiger partial charge in [-0.05, 0) is 38.3 Å². The molecule has 1 aromatic carbocycles. The van der Waals surface area contributed by atoms with Gasteiger partial charge >= 0.3 is 0 Å². The van der Waals surface area contributed by atoms with Crippen molar-refractivity contribution in [2.75, 3.05) is 38.3 Å². The predicted octanol–water partition coefficient (Wildman–Crippen LogP) is 2.82. The van der Waals surface area contributed by atoms with E-state index < -0.39 is 0 Å². The molecule has 2 aliphatic heterocycles. The zero-order chi connectivity index (χ0) is 22.1. The molecule has 9 nitrogen and oxygen atoms in total. The summed E-state index contributed by atoms with van der Waals surface area (Å²) < 4.78 is 16.4. The lowest BCUT2D eigenvalue weighted by atomic mass is 10.0. The number of nitriles is 1. The van der Waals surface area contributed by atoms with Crippen molar-refractivity contribution in [3.63, 3.8) is 0 Å². The Hall–Kier alpha value is -3.22. The van der Waals surface area contributed by atoms with E-state index >= 15 is 0 Å². The highest BCUT2D eigenvalue weighted by Gasteiger charge is 2.27. The third-order valence-electron chi connectivity index (χ3n) is 6.18. The summed E-state index contributed by atoms with van der Waals surface area (Å²) in [4.78, 5) is 11.6. The van der Waals surface area contributed by atoms with Crippen LogP contribution < -0.4 is 15.0 Å². The quantitative estimate of drug-likeness (QED) is 0.648. The first kappa shape index (κ1) is 20.7. The molecule has 2 saturated heterocycles. The molecule has 0 radical (unpaired) electrons. The van der Waals surface area contributed by atoms with Crippen LogP contribution in [0, 0.1) is 18.3 Å². The van der Waals surface area contributed by atoms with Gasteiger partial charge in [0, 0.05) is 43.2 Å². The number of aryl methyl sites for hydroxylation is 1. The Kier molecular flexibility index (Phi) is 5.64. The third-order valence-corrected chi connectivity index (χ3v) is 6.18. The highest BCUT2D eigenvalue weighted by molar-refractivity contribution is 5.92. The highest BCUT2D eigenvalue weighted by atomic mass is 16.5. The van der Waals surface area contributed by atoms with E-state index in [0.29, 0.717) is 40.6 Å². The van der Waals surface area contributed by atoms with E-state index in [0.717, 1.165) is 62.3 Å². The molecule has 5 rings (SSSR count). The molecule has 0 aliphatic carbocycles. The summed E-state index contributed by atoms with van der Waals surface area (Å²) in [6.07, 6.45) is 3.09. The number of anilines is 1. The van der Waals surface area contributed by atoms with E-state index in [2.05, 4.69) is 26.4 Å². The van der Waals surface area contributed by atoms with E-state index in [-0.39, 0.29) is 0 Å². The fourth-order valence-electron chi connectivity index (χ4n) is 4.52. The van der Waals surface area contributed by atoms with Crippen molar-refractivity contribution in [2.24, 2.45) is 0 Å². The Balaban J connectivity index is 1.50. The Morgan fingerprint density at radius 2 is 2.00 bits per heavy atom. The SMILES string of the molecule is COc1cc(C#N)c2nc(N3CCC(N[C@@H]4CCOC4)CC3)c(-c3nc(C)no3)cc2c1. The molecule has 4 heterocycles. The fraction of sp³-hybridized carbons (Fsp3) is 0.478. The maximum Gasteiger partial charge on any atom is 0.261 e. The number of piperidine rings is 1. The predicted molar refractivity (Wildman–Crippen MR) is 119 cm³/mol. The summed E-state index contributed by atoms with van der Waals surface area (Å²) in [5, 5.41) is 18.2. The number of nitrogens with zero attached hydrogens (tertiary/aromatic N) is 5. The van der Waals surface area contributed by atoms with Crippen LogP contribution in [-0.2, 0) is 4.74 Å². The van der Waals surface area contributed by atoms with Crippen molar-refractivity contribution in [1.82, 2.24) is 20.4 Å². The molecule has 0 amide bonds. The number of rotatable bonds is 5. The Labute approximate surface area is 186 Å². The molecule has 2 fully saturated rings. The van der Waals surface area contributed by atoms with E-state index in [4.69, 9.17) is 19.0 Å². The molecule has 1 N–H and O–H groups in total. The molecule has 1 atom stereocenters. The van der Waals surface area contributed by atoms with Crippen LogP contribution in [0.3, 0.4) is 0 Å². The second-order valence-corrected chi connectivity index (χ2v) is 8.35. The maximum absolute atomic E-state index is 9.70. The summed E-state index contributed by atoms with van der Waals surface area (Å²) in [5.41, 5.74) is 1.89. The molecule has 0 unspecified atom stereocenters. The van der Waals surface area contributed by atoms with Crippen molar-refractivity contribution in [3.05, 3.63) is 29.6 Å². The largest absolute Gasteiger partial charge is 0.497 e. The minimum Gasteiger partial charge on any atom is -0.497 e. The average molecular weight is 435 g/mol. The number of methoxy groups -OCH3 is 1. The molecular formula is C23H26N6O3. The Bertz CT molecular complexity index is 1160. The number of benzene rings is 1. The van der Waals surface area contributed by atoms with Gasteiger partial charge in [-0.2, -0.15) is 10.2 Å².